The first-order chi connectivity index (χ1) is 4.33. The molecule has 0 fully saturated rings. The molecule has 0 aliphatic carbocycles. The van der Waals surface area contributed by atoms with Crippen molar-refractivity contribution in [3.63, 3.8) is 0 Å². The lowest BCUT2D eigenvalue weighted by Crippen LogP contribution is -1.82. The Balaban J connectivity index is 2.88. The van der Waals surface area contributed by atoms with Gasteiger partial charge in [-0.3, -0.25) is 0 Å². The summed E-state index contributed by atoms with van der Waals surface area (Å²) in [5, 5.41) is 2.80. The first-order valence-electron chi connectivity index (χ1n) is 2.92. The van der Waals surface area contributed by atoms with Gasteiger partial charge in [-0.15, -0.1) is 0 Å². The summed E-state index contributed by atoms with van der Waals surface area (Å²) in [6.45, 7) is 2.06. The van der Waals surface area contributed by atoms with Gasteiger partial charge >= 0.3 is 0 Å². The SMILES string of the molecule is [CH2]Nc1ccc(C)cc1. The minimum Gasteiger partial charge on any atom is -0.383 e. The van der Waals surface area contributed by atoms with E-state index in [0.29, 0.717) is 0 Å². The number of aryl methyl sites for hydroxylation is 1. The lowest BCUT2D eigenvalue weighted by atomic mass is 10.2. The highest BCUT2D eigenvalue weighted by Gasteiger charge is 1.83. The third kappa shape index (κ3) is 1.46. The maximum atomic E-state index is 3.54. The zero-order valence-electron chi connectivity index (χ0n) is 5.52. The van der Waals surface area contributed by atoms with Crippen molar-refractivity contribution in [2.24, 2.45) is 0 Å². The Morgan fingerprint density at radius 2 is 1.78 bits per heavy atom. The van der Waals surface area contributed by atoms with Gasteiger partial charge in [0.05, 0.1) is 0 Å². The Hall–Kier alpha value is -0.980. The summed E-state index contributed by atoms with van der Waals surface area (Å²) in [7, 11) is 3.54. The summed E-state index contributed by atoms with van der Waals surface area (Å²) in [5.41, 5.74) is 2.33. The van der Waals surface area contributed by atoms with Crippen LogP contribution in [0, 0.1) is 14.0 Å². The first-order valence-corrected chi connectivity index (χ1v) is 2.92. The molecule has 0 amide bonds. The van der Waals surface area contributed by atoms with Crippen LogP contribution in [0.15, 0.2) is 24.3 Å². The highest BCUT2D eigenvalue weighted by Crippen LogP contribution is 2.06. The summed E-state index contributed by atoms with van der Waals surface area (Å²) in [6.07, 6.45) is 0. The van der Waals surface area contributed by atoms with Gasteiger partial charge in [-0.2, -0.15) is 0 Å². The maximum Gasteiger partial charge on any atom is 0.0340 e. The van der Waals surface area contributed by atoms with Gasteiger partial charge in [-0.1, -0.05) is 17.7 Å². The predicted octanol–water partition coefficient (Wildman–Crippen LogP) is 2.20. The van der Waals surface area contributed by atoms with Crippen LogP contribution in [0.3, 0.4) is 0 Å². The van der Waals surface area contributed by atoms with Gasteiger partial charge < -0.3 is 5.32 Å². The molecule has 0 heterocycles. The molecule has 47 valence electrons. The third-order valence-corrected chi connectivity index (χ3v) is 1.26. The second kappa shape index (κ2) is 2.53. The third-order valence-electron chi connectivity index (χ3n) is 1.26. The van der Waals surface area contributed by atoms with E-state index in [0.717, 1.165) is 5.69 Å². The Labute approximate surface area is 55.7 Å². The molecule has 0 aliphatic heterocycles. The van der Waals surface area contributed by atoms with Crippen molar-refractivity contribution in [2.75, 3.05) is 5.32 Å². The molecule has 1 radical (unpaired) electrons. The lowest BCUT2D eigenvalue weighted by molar-refractivity contribution is 1.46. The second-order valence-electron chi connectivity index (χ2n) is 2.04. The number of benzene rings is 1. The summed E-state index contributed by atoms with van der Waals surface area (Å²) < 4.78 is 0. The van der Waals surface area contributed by atoms with Crippen LogP contribution in [-0.4, -0.2) is 0 Å². The van der Waals surface area contributed by atoms with Gasteiger partial charge in [0.1, 0.15) is 0 Å². The van der Waals surface area contributed by atoms with Crippen LogP contribution < -0.4 is 5.32 Å². The predicted molar refractivity (Wildman–Crippen MR) is 40.2 cm³/mol. The largest absolute Gasteiger partial charge is 0.383 e. The molecule has 0 unspecified atom stereocenters. The van der Waals surface area contributed by atoms with E-state index in [1.807, 2.05) is 24.3 Å². The van der Waals surface area contributed by atoms with Crippen LogP contribution in [0.4, 0.5) is 5.69 Å². The van der Waals surface area contributed by atoms with Crippen molar-refractivity contribution >= 4 is 5.69 Å². The molecule has 1 aromatic carbocycles. The van der Waals surface area contributed by atoms with E-state index >= 15 is 0 Å². The van der Waals surface area contributed by atoms with Crippen molar-refractivity contribution in [2.45, 2.75) is 6.92 Å². The number of nitrogens with one attached hydrogen (secondary N) is 1. The van der Waals surface area contributed by atoms with Crippen LogP contribution in [0.25, 0.3) is 0 Å². The summed E-state index contributed by atoms with van der Waals surface area (Å²) in [4.78, 5) is 0. The second-order valence-corrected chi connectivity index (χ2v) is 2.04. The summed E-state index contributed by atoms with van der Waals surface area (Å²) in [5.74, 6) is 0. The van der Waals surface area contributed by atoms with Gasteiger partial charge in [-0.25, -0.2) is 0 Å². The molecule has 1 N–H and O–H groups in total. The molecule has 0 atom stereocenters. The Kier molecular flexibility index (Phi) is 1.73. The number of hydrogen-bond donors (Lipinski definition) is 1. The molecule has 0 spiro atoms. The van der Waals surface area contributed by atoms with Crippen molar-refractivity contribution in [1.29, 1.82) is 0 Å². The zero-order valence-corrected chi connectivity index (χ0v) is 5.52. The van der Waals surface area contributed by atoms with E-state index < -0.39 is 0 Å². The van der Waals surface area contributed by atoms with Gasteiger partial charge in [0.25, 0.3) is 0 Å². The van der Waals surface area contributed by atoms with Crippen molar-refractivity contribution < 1.29 is 0 Å². The molecular weight excluding hydrogens is 110 g/mol. The smallest absolute Gasteiger partial charge is 0.0340 e. The van der Waals surface area contributed by atoms with Gasteiger partial charge in [0.2, 0.25) is 0 Å². The zero-order chi connectivity index (χ0) is 6.69. The van der Waals surface area contributed by atoms with Gasteiger partial charge in [0.15, 0.2) is 0 Å². The average molecular weight is 120 g/mol. The Morgan fingerprint density at radius 1 is 1.22 bits per heavy atom. The van der Waals surface area contributed by atoms with Crippen LogP contribution in [0.5, 0.6) is 0 Å². The van der Waals surface area contributed by atoms with Crippen LogP contribution in [0.2, 0.25) is 0 Å². The molecule has 1 heteroatoms. The topological polar surface area (TPSA) is 12.0 Å². The number of rotatable bonds is 1. The normalized spacial score (nSPS) is 9.11. The Morgan fingerprint density at radius 3 is 2.22 bits per heavy atom. The van der Waals surface area contributed by atoms with Gasteiger partial charge in [-0.05, 0) is 19.1 Å². The minimum absolute atomic E-state index is 1.06. The maximum absolute atomic E-state index is 3.54. The summed E-state index contributed by atoms with van der Waals surface area (Å²) in [6, 6.07) is 8.10. The van der Waals surface area contributed by atoms with E-state index in [2.05, 4.69) is 19.3 Å². The highest BCUT2D eigenvalue weighted by atomic mass is 14.8. The molecular formula is C8H10N. The fourth-order valence-electron chi connectivity index (χ4n) is 0.671. The monoisotopic (exact) mass is 120 g/mol. The van der Waals surface area contributed by atoms with Crippen LogP contribution >= 0.6 is 0 Å². The van der Waals surface area contributed by atoms with E-state index in [9.17, 15) is 0 Å². The van der Waals surface area contributed by atoms with Crippen LogP contribution in [-0.2, 0) is 0 Å². The standard InChI is InChI=1S/C8H10N/c1-7-3-5-8(9-2)6-4-7/h3-6,9H,2H2,1H3. The van der Waals surface area contributed by atoms with E-state index in [1.165, 1.54) is 5.56 Å². The number of anilines is 1. The molecule has 0 saturated carbocycles. The van der Waals surface area contributed by atoms with E-state index in [-0.39, 0.29) is 0 Å². The first kappa shape index (κ1) is 6.14. The van der Waals surface area contributed by atoms with E-state index in [1.54, 1.807) is 0 Å². The van der Waals surface area contributed by atoms with Crippen molar-refractivity contribution in [1.82, 2.24) is 0 Å². The molecule has 0 bridgehead atoms. The molecule has 1 aromatic rings. The summed E-state index contributed by atoms with van der Waals surface area (Å²) >= 11 is 0. The molecule has 0 aromatic heterocycles. The quantitative estimate of drug-likeness (QED) is 0.599. The molecule has 1 rings (SSSR count). The fraction of sp³-hybridized carbons (Fsp3) is 0.125. The van der Waals surface area contributed by atoms with Crippen molar-refractivity contribution in [3.8, 4) is 0 Å². The molecule has 1 nitrogen and oxygen atoms in total. The fourth-order valence-corrected chi connectivity index (χ4v) is 0.671. The van der Waals surface area contributed by atoms with Gasteiger partial charge in [0, 0.05) is 12.7 Å². The molecule has 0 aliphatic rings. The van der Waals surface area contributed by atoms with Crippen LogP contribution in [0.1, 0.15) is 5.56 Å². The molecule has 9 heavy (non-hydrogen) atoms. The highest BCUT2D eigenvalue weighted by molar-refractivity contribution is 5.44. The van der Waals surface area contributed by atoms with Crippen molar-refractivity contribution in [3.05, 3.63) is 36.9 Å². The Bertz CT molecular complexity index is 176. The molecule has 0 saturated heterocycles. The number of hydrogen-bond acceptors (Lipinski definition) is 1. The lowest BCUT2D eigenvalue weighted by Gasteiger charge is -1.97. The minimum atomic E-state index is 1.06. The van der Waals surface area contributed by atoms with E-state index in [4.69, 9.17) is 0 Å². The average Bonchev–Trinajstić information content (AvgIpc) is 1.90.